The predicted octanol–water partition coefficient (Wildman–Crippen LogP) is 3.32. The largest absolute Gasteiger partial charge is 0.380 e. The molecule has 1 aromatic carbocycles. The van der Waals surface area contributed by atoms with E-state index in [0.29, 0.717) is 12.0 Å². The Morgan fingerprint density at radius 1 is 1.33 bits per heavy atom. The maximum atomic E-state index is 5.32. The van der Waals surface area contributed by atoms with E-state index in [4.69, 9.17) is 4.74 Å². The van der Waals surface area contributed by atoms with E-state index in [1.54, 1.807) is 7.11 Å². The summed E-state index contributed by atoms with van der Waals surface area (Å²) >= 11 is 0. The highest BCUT2D eigenvalue weighted by Gasteiger charge is 2.29. The van der Waals surface area contributed by atoms with Crippen LogP contribution in [0.25, 0.3) is 0 Å². The van der Waals surface area contributed by atoms with Crippen molar-refractivity contribution in [3.8, 4) is 0 Å². The number of rotatable bonds is 5. The highest BCUT2D eigenvalue weighted by molar-refractivity contribution is 5.32. The summed E-state index contributed by atoms with van der Waals surface area (Å²) in [6.45, 7) is 6.47. The van der Waals surface area contributed by atoms with Gasteiger partial charge in [-0.05, 0) is 36.4 Å². The van der Waals surface area contributed by atoms with E-state index < -0.39 is 0 Å². The van der Waals surface area contributed by atoms with Crippen molar-refractivity contribution in [3.63, 3.8) is 0 Å². The quantitative estimate of drug-likeness (QED) is 0.862. The molecule has 0 saturated carbocycles. The van der Waals surface area contributed by atoms with Gasteiger partial charge in [0.15, 0.2) is 0 Å². The van der Waals surface area contributed by atoms with Crippen molar-refractivity contribution >= 4 is 0 Å². The second kappa shape index (κ2) is 6.35. The third kappa shape index (κ3) is 3.12. The van der Waals surface area contributed by atoms with E-state index in [1.807, 2.05) is 0 Å². The van der Waals surface area contributed by atoms with Crippen LogP contribution < -0.4 is 5.32 Å². The lowest BCUT2D eigenvalue weighted by molar-refractivity contribution is 0.183. The molecule has 2 heteroatoms. The molecule has 1 aliphatic rings. The van der Waals surface area contributed by atoms with Crippen molar-refractivity contribution in [1.29, 1.82) is 0 Å². The molecule has 1 heterocycles. The van der Waals surface area contributed by atoms with Crippen LogP contribution in [0.2, 0.25) is 0 Å². The molecular formula is C16H25NO. The molecule has 1 aliphatic heterocycles. The van der Waals surface area contributed by atoms with Gasteiger partial charge in [-0.1, -0.05) is 38.1 Å². The Kier molecular flexibility index (Phi) is 4.79. The Hall–Kier alpha value is -0.860. The Morgan fingerprint density at radius 3 is 2.83 bits per heavy atom. The minimum absolute atomic E-state index is 0.628. The van der Waals surface area contributed by atoms with Crippen molar-refractivity contribution in [1.82, 2.24) is 5.32 Å². The van der Waals surface area contributed by atoms with E-state index in [2.05, 4.69) is 43.4 Å². The smallest absolute Gasteiger partial charge is 0.0715 e. The predicted molar refractivity (Wildman–Crippen MR) is 75.8 cm³/mol. The van der Waals surface area contributed by atoms with Gasteiger partial charge in [-0.25, -0.2) is 0 Å². The average Bonchev–Trinajstić information content (AvgIpc) is 2.77. The fourth-order valence-corrected chi connectivity index (χ4v) is 3.08. The molecule has 1 fully saturated rings. The highest BCUT2D eigenvalue weighted by Crippen LogP contribution is 2.33. The van der Waals surface area contributed by atoms with Gasteiger partial charge < -0.3 is 10.1 Å². The fraction of sp³-hybridized carbons (Fsp3) is 0.625. The summed E-state index contributed by atoms with van der Waals surface area (Å²) in [5.74, 6) is 1.40. The lowest BCUT2D eigenvalue weighted by Gasteiger charge is -2.23. The van der Waals surface area contributed by atoms with Gasteiger partial charge in [-0.15, -0.1) is 0 Å². The van der Waals surface area contributed by atoms with Crippen molar-refractivity contribution in [2.75, 3.05) is 13.7 Å². The van der Waals surface area contributed by atoms with Gasteiger partial charge in [0.1, 0.15) is 0 Å². The molecule has 1 N–H and O–H groups in total. The van der Waals surface area contributed by atoms with Crippen LogP contribution in [0, 0.1) is 5.92 Å². The number of nitrogens with one attached hydrogen (secondary N) is 1. The van der Waals surface area contributed by atoms with E-state index in [1.165, 1.54) is 24.0 Å². The van der Waals surface area contributed by atoms with Gasteiger partial charge >= 0.3 is 0 Å². The molecule has 100 valence electrons. The first-order valence-electron chi connectivity index (χ1n) is 7.02. The summed E-state index contributed by atoms with van der Waals surface area (Å²) < 4.78 is 5.32. The highest BCUT2D eigenvalue weighted by atomic mass is 16.5. The van der Waals surface area contributed by atoms with Gasteiger partial charge in [0.25, 0.3) is 0 Å². The van der Waals surface area contributed by atoms with Crippen molar-refractivity contribution in [2.45, 2.75) is 45.3 Å². The Labute approximate surface area is 111 Å². The number of hydrogen-bond donors (Lipinski definition) is 1. The summed E-state index contributed by atoms with van der Waals surface area (Å²) in [6, 6.07) is 9.36. The zero-order valence-corrected chi connectivity index (χ0v) is 11.8. The number of benzene rings is 1. The maximum absolute atomic E-state index is 5.32. The summed E-state index contributed by atoms with van der Waals surface area (Å²) in [6.07, 6.45) is 2.50. The van der Waals surface area contributed by atoms with Crippen LogP contribution in [0.3, 0.4) is 0 Å². The molecule has 0 bridgehead atoms. The molecule has 0 aromatic heterocycles. The van der Waals surface area contributed by atoms with Gasteiger partial charge in [-0.3, -0.25) is 0 Å². The average molecular weight is 247 g/mol. The fourth-order valence-electron chi connectivity index (χ4n) is 3.08. The number of ether oxygens (including phenoxy) is 1. The van der Waals surface area contributed by atoms with Crippen LogP contribution in [0.4, 0.5) is 0 Å². The van der Waals surface area contributed by atoms with E-state index in [0.717, 1.165) is 19.1 Å². The van der Waals surface area contributed by atoms with Gasteiger partial charge in [0, 0.05) is 19.1 Å². The lowest BCUT2D eigenvalue weighted by atomic mass is 9.85. The molecule has 0 aliphatic carbocycles. The molecule has 2 nitrogen and oxygen atoms in total. The summed E-state index contributed by atoms with van der Waals surface area (Å²) in [5, 5.41) is 3.67. The standard InChI is InChI=1S/C16H25NO/c1-12(2)10-16-15(8-9-17-16)14-7-5-4-6-13(14)11-18-3/h4-7,12,15-17H,8-11H2,1-3H3. The number of methoxy groups -OCH3 is 1. The molecule has 2 rings (SSSR count). The molecule has 1 saturated heterocycles. The van der Waals surface area contributed by atoms with E-state index in [9.17, 15) is 0 Å². The summed E-state index contributed by atoms with van der Waals surface area (Å²) in [7, 11) is 1.77. The van der Waals surface area contributed by atoms with Crippen molar-refractivity contribution in [2.24, 2.45) is 5.92 Å². The van der Waals surface area contributed by atoms with Crippen LogP contribution in [0.15, 0.2) is 24.3 Å². The first-order chi connectivity index (χ1) is 8.72. The van der Waals surface area contributed by atoms with Crippen molar-refractivity contribution < 1.29 is 4.74 Å². The maximum Gasteiger partial charge on any atom is 0.0715 e. The van der Waals surface area contributed by atoms with Gasteiger partial charge in [0.05, 0.1) is 6.61 Å². The first kappa shape index (κ1) is 13.6. The third-order valence-electron chi connectivity index (χ3n) is 3.83. The van der Waals surface area contributed by atoms with Gasteiger partial charge in [-0.2, -0.15) is 0 Å². The minimum Gasteiger partial charge on any atom is -0.380 e. The molecule has 0 radical (unpaired) electrons. The zero-order valence-electron chi connectivity index (χ0n) is 11.8. The van der Waals surface area contributed by atoms with E-state index in [-0.39, 0.29) is 0 Å². The third-order valence-corrected chi connectivity index (χ3v) is 3.83. The Morgan fingerprint density at radius 2 is 2.11 bits per heavy atom. The van der Waals surface area contributed by atoms with Crippen molar-refractivity contribution in [3.05, 3.63) is 35.4 Å². The molecule has 0 amide bonds. The molecule has 1 aromatic rings. The van der Waals surface area contributed by atoms with Crippen LogP contribution in [-0.4, -0.2) is 19.7 Å². The molecule has 2 atom stereocenters. The molecule has 0 spiro atoms. The topological polar surface area (TPSA) is 21.3 Å². The molecule has 2 unspecified atom stereocenters. The minimum atomic E-state index is 0.628. The second-order valence-corrected chi connectivity index (χ2v) is 5.72. The van der Waals surface area contributed by atoms with Gasteiger partial charge in [0.2, 0.25) is 0 Å². The Bertz CT molecular complexity index is 375. The summed E-state index contributed by atoms with van der Waals surface area (Å²) in [5.41, 5.74) is 2.83. The SMILES string of the molecule is COCc1ccccc1C1CCNC1CC(C)C. The first-order valence-corrected chi connectivity index (χ1v) is 7.02. The lowest BCUT2D eigenvalue weighted by Crippen LogP contribution is -2.28. The van der Waals surface area contributed by atoms with E-state index >= 15 is 0 Å². The number of hydrogen-bond acceptors (Lipinski definition) is 2. The zero-order chi connectivity index (χ0) is 13.0. The Balaban J connectivity index is 2.18. The summed E-state index contributed by atoms with van der Waals surface area (Å²) in [4.78, 5) is 0. The molecular weight excluding hydrogens is 222 g/mol. The van der Waals surface area contributed by atoms with Crippen LogP contribution >= 0.6 is 0 Å². The second-order valence-electron chi connectivity index (χ2n) is 5.72. The normalized spacial score (nSPS) is 23.8. The van der Waals surface area contributed by atoms with Crippen LogP contribution in [0.1, 0.15) is 43.7 Å². The van der Waals surface area contributed by atoms with Crippen LogP contribution in [-0.2, 0) is 11.3 Å². The molecule has 18 heavy (non-hydrogen) atoms. The van der Waals surface area contributed by atoms with Crippen LogP contribution in [0.5, 0.6) is 0 Å². The monoisotopic (exact) mass is 247 g/mol.